The van der Waals surface area contributed by atoms with Gasteiger partial charge in [-0.2, -0.15) is 8.78 Å². The number of fused-ring (bicyclic) bond motifs is 1. The smallest absolute Gasteiger partial charge is 0.303 e. The van der Waals surface area contributed by atoms with E-state index in [9.17, 15) is 13.6 Å². The topological polar surface area (TPSA) is 92.1 Å². The van der Waals surface area contributed by atoms with Gasteiger partial charge >= 0.3 is 5.92 Å². The quantitative estimate of drug-likeness (QED) is 0.589. The lowest BCUT2D eigenvalue weighted by molar-refractivity contribution is -0.114. The van der Waals surface area contributed by atoms with Crippen molar-refractivity contribution in [2.45, 2.75) is 46.1 Å². The molecule has 0 radical (unpaired) electrons. The van der Waals surface area contributed by atoms with Crippen LogP contribution in [-0.2, 0) is 17.1 Å². The largest absolute Gasteiger partial charge is 0.353 e. The van der Waals surface area contributed by atoms with E-state index in [4.69, 9.17) is 5.10 Å². The molecule has 1 amide bonds. The molecular weight excluding hydrogens is 442 g/mol. The second-order valence-corrected chi connectivity index (χ2v) is 9.20. The zero-order valence-electron chi connectivity index (χ0n) is 20.3. The Balaban J connectivity index is 1.90. The fourth-order valence-electron chi connectivity index (χ4n) is 4.42. The van der Waals surface area contributed by atoms with Crippen molar-refractivity contribution in [1.82, 2.24) is 29.6 Å². The standard InChI is InChI=1S/C23H30F2N8O/c1-7-15-8-20(29-22(28-15)23(4,24)25)33-17-9-19(27-14(3)34)26-10-16(17)21(30-33)32-11-13(2)18(12-32)31(5)6/h8-10,13,18H,7,11-12H2,1-6H3,(H,26,27,34)/t13-,18+/m0/s1. The van der Waals surface area contributed by atoms with Crippen LogP contribution in [0.25, 0.3) is 16.7 Å². The first kappa shape index (κ1) is 23.9. The summed E-state index contributed by atoms with van der Waals surface area (Å²) >= 11 is 0. The van der Waals surface area contributed by atoms with Crippen LogP contribution in [0.1, 0.15) is 39.2 Å². The van der Waals surface area contributed by atoms with E-state index in [1.807, 2.05) is 6.92 Å². The van der Waals surface area contributed by atoms with Crippen molar-refractivity contribution in [1.29, 1.82) is 0 Å². The molecule has 4 heterocycles. The Morgan fingerprint density at radius 3 is 2.59 bits per heavy atom. The van der Waals surface area contributed by atoms with Crippen LogP contribution in [0.15, 0.2) is 18.3 Å². The number of nitrogens with zero attached hydrogens (tertiary/aromatic N) is 7. The maximum atomic E-state index is 14.2. The van der Waals surface area contributed by atoms with Crippen molar-refractivity contribution in [3.63, 3.8) is 0 Å². The molecule has 0 unspecified atom stereocenters. The minimum atomic E-state index is -3.20. The molecule has 182 valence electrons. The summed E-state index contributed by atoms with van der Waals surface area (Å²) in [5.41, 5.74) is 1.10. The number of alkyl halides is 2. The van der Waals surface area contributed by atoms with Crippen molar-refractivity contribution < 1.29 is 13.6 Å². The van der Waals surface area contributed by atoms with Gasteiger partial charge in [0.05, 0.1) is 10.9 Å². The molecule has 0 saturated carbocycles. The number of anilines is 2. The van der Waals surface area contributed by atoms with Gasteiger partial charge in [-0.1, -0.05) is 13.8 Å². The third kappa shape index (κ3) is 4.56. The molecule has 1 fully saturated rings. The van der Waals surface area contributed by atoms with Crippen molar-refractivity contribution in [2.24, 2.45) is 5.92 Å². The number of hydrogen-bond donors (Lipinski definition) is 1. The highest BCUT2D eigenvalue weighted by molar-refractivity contribution is 5.95. The highest BCUT2D eigenvalue weighted by Crippen LogP contribution is 2.34. The summed E-state index contributed by atoms with van der Waals surface area (Å²) in [6.07, 6.45) is 2.13. The highest BCUT2D eigenvalue weighted by atomic mass is 19.3. The minimum Gasteiger partial charge on any atom is -0.353 e. The number of halogens is 2. The van der Waals surface area contributed by atoms with Crippen LogP contribution < -0.4 is 10.2 Å². The molecule has 4 rings (SSSR count). The van der Waals surface area contributed by atoms with Crippen molar-refractivity contribution in [3.05, 3.63) is 29.8 Å². The second-order valence-electron chi connectivity index (χ2n) is 9.20. The molecular formula is C23H30F2N8O. The maximum Gasteiger partial charge on any atom is 0.303 e. The zero-order chi connectivity index (χ0) is 24.8. The van der Waals surface area contributed by atoms with Gasteiger partial charge in [-0.05, 0) is 26.4 Å². The summed E-state index contributed by atoms with van der Waals surface area (Å²) in [5.74, 6) is -2.30. The van der Waals surface area contributed by atoms with E-state index in [0.29, 0.717) is 41.2 Å². The van der Waals surface area contributed by atoms with Crippen LogP contribution >= 0.6 is 0 Å². The summed E-state index contributed by atoms with van der Waals surface area (Å²) in [4.78, 5) is 28.6. The first-order chi connectivity index (χ1) is 16.0. The predicted octanol–water partition coefficient (Wildman–Crippen LogP) is 3.23. The van der Waals surface area contributed by atoms with E-state index < -0.39 is 11.7 Å². The molecule has 0 spiro atoms. The molecule has 0 aromatic carbocycles. The van der Waals surface area contributed by atoms with Gasteiger partial charge in [0.15, 0.2) is 11.6 Å². The molecule has 9 nitrogen and oxygen atoms in total. The van der Waals surface area contributed by atoms with Gasteiger partial charge in [0.2, 0.25) is 11.7 Å². The normalized spacial score (nSPS) is 18.8. The predicted molar refractivity (Wildman–Crippen MR) is 127 cm³/mol. The summed E-state index contributed by atoms with van der Waals surface area (Å²) in [6.45, 7) is 7.80. The molecule has 3 aromatic heterocycles. The summed E-state index contributed by atoms with van der Waals surface area (Å²) in [5, 5.41) is 8.25. The Labute approximate surface area is 197 Å². The fourth-order valence-corrected chi connectivity index (χ4v) is 4.42. The Hall–Kier alpha value is -3.21. The average Bonchev–Trinajstić information content (AvgIpc) is 3.32. The molecule has 1 aliphatic heterocycles. The fraction of sp³-hybridized carbons (Fsp3) is 0.522. The average molecular weight is 473 g/mol. The number of nitrogens with one attached hydrogen (secondary N) is 1. The van der Waals surface area contributed by atoms with Crippen LogP contribution in [0.5, 0.6) is 0 Å². The lowest BCUT2D eigenvalue weighted by atomic mass is 10.1. The van der Waals surface area contributed by atoms with Crippen LogP contribution in [0, 0.1) is 5.92 Å². The summed E-state index contributed by atoms with van der Waals surface area (Å²) in [7, 11) is 4.12. The SMILES string of the molecule is CCc1cc(-n2nc(N3C[C@@H](N(C)C)[C@@H](C)C3)c3cnc(NC(C)=O)cc32)nc(C(C)(F)F)n1. The van der Waals surface area contributed by atoms with Crippen LogP contribution in [0.2, 0.25) is 0 Å². The molecule has 0 aliphatic carbocycles. The van der Waals surface area contributed by atoms with E-state index in [1.54, 1.807) is 23.0 Å². The second kappa shape index (κ2) is 8.86. The first-order valence-electron chi connectivity index (χ1n) is 11.3. The van der Waals surface area contributed by atoms with E-state index in [0.717, 1.165) is 25.4 Å². The number of likely N-dealkylation sites (N-methyl/N-ethyl adjacent to an activating group) is 1. The van der Waals surface area contributed by atoms with Gasteiger partial charge < -0.3 is 15.1 Å². The van der Waals surface area contributed by atoms with Crippen LogP contribution in [-0.4, -0.2) is 68.8 Å². The molecule has 34 heavy (non-hydrogen) atoms. The Bertz CT molecular complexity index is 1220. The molecule has 0 bridgehead atoms. The molecule has 2 atom stereocenters. The number of hydrogen-bond acceptors (Lipinski definition) is 7. The number of aromatic nitrogens is 5. The molecule has 11 heteroatoms. The highest BCUT2D eigenvalue weighted by Gasteiger charge is 2.34. The number of aryl methyl sites for hydroxylation is 1. The third-order valence-electron chi connectivity index (χ3n) is 6.12. The van der Waals surface area contributed by atoms with E-state index >= 15 is 0 Å². The van der Waals surface area contributed by atoms with Crippen LogP contribution in [0.4, 0.5) is 20.4 Å². The zero-order valence-corrected chi connectivity index (χ0v) is 20.3. The number of amides is 1. The van der Waals surface area contributed by atoms with E-state index in [-0.39, 0.29) is 11.7 Å². The van der Waals surface area contributed by atoms with Crippen molar-refractivity contribution in [3.8, 4) is 5.82 Å². The monoisotopic (exact) mass is 472 g/mol. The first-order valence-corrected chi connectivity index (χ1v) is 11.3. The van der Waals surface area contributed by atoms with Gasteiger partial charge in [-0.3, -0.25) is 4.79 Å². The van der Waals surface area contributed by atoms with Gasteiger partial charge in [0, 0.05) is 57.0 Å². The van der Waals surface area contributed by atoms with Gasteiger partial charge in [0.25, 0.3) is 0 Å². The van der Waals surface area contributed by atoms with Gasteiger partial charge in [-0.25, -0.2) is 19.6 Å². The molecule has 1 saturated heterocycles. The maximum absolute atomic E-state index is 14.2. The summed E-state index contributed by atoms with van der Waals surface area (Å²) < 4.78 is 29.9. The number of rotatable bonds is 6. The Kier molecular flexibility index (Phi) is 6.24. The minimum absolute atomic E-state index is 0.246. The molecule has 3 aromatic rings. The summed E-state index contributed by atoms with van der Waals surface area (Å²) in [6, 6.07) is 3.70. The lowest BCUT2D eigenvalue weighted by Crippen LogP contribution is -2.34. The Morgan fingerprint density at radius 1 is 1.26 bits per heavy atom. The number of carbonyl (C=O) groups is 1. The molecule has 1 aliphatic rings. The van der Waals surface area contributed by atoms with Crippen molar-refractivity contribution >= 4 is 28.4 Å². The van der Waals surface area contributed by atoms with Crippen molar-refractivity contribution in [2.75, 3.05) is 37.4 Å². The van der Waals surface area contributed by atoms with E-state index in [2.05, 4.69) is 51.1 Å². The van der Waals surface area contributed by atoms with Gasteiger partial charge in [0.1, 0.15) is 5.82 Å². The van der Waals surface area contributed by atoms with Crippen LogP contribution in [0.3, 0.4) is 0 Å². The lowest BCUT2D eigenvalue weighted by Gasteiger charge is -2.22. The Morgan fingerprint density at radius 2 is 2.00 bits per heavy atom. The molecule has 1 N–H and O–H groups in total. The number of carbonyl (C=O) groups excluding carboxylic acids is 1. The third-order valence-corrected chi connectivity index (χ3v) is 6.12. The van der Waals surface area contributed by atoms with E-state index in [1.165, 1.54) is 6.92 Å². The van der Waals surface area contributed by atoms with Gasteiger partial charge in [-0.15, -0.1) is 5.10 Å². The number of pyridine rings is 1.